The van der Waals surface area contributed by atoms with Gasteiger partial charge in [-0.3, -0.25) is 4.98 Å². The van der Waals surface area contributed by atoms with Gasteiger partial charge in [-0.15, -0.1) is 0 Å². The lowest BCUT2D eigenvalue weighted by Gasteiger charge is -2.03. The van der Waals surface area contributed by atoms with Crippen molar-refractivity contribution in [2.24, 2.45) is 0 Å². The molecule has 3 nitrogen and oxygen atoms in total. The van der Waals surface area contributed by atoms with Crippen molar-refractivity contribution in [2.75, 3.05) is 5.73 Å². The second-order valence-electron chi connectivity index (χ2n) is 3.75. The molecule has 0 aliphatic heterocycles. The van der Waals surface area contributed by atoms with Crippen molar-refractivity contribution in [1.29, 1.82) is 0 Å². The Labute approximate surface area is 107 Å². The SMILES string of the molecule is CC.Nc1ccc(-c2cncc3[nH]ccc23)cc1. The fourth-order valence-corrected chi connectivity index (χ4v) is 1.87. The van der Waals surface area contributed by atoms with Crippen LogP contribution in [-0.4, -0.2) is 9.97 Å². The third kappa shape index (κ3) is 2.20. The highest BCUT2D eigenvalue weighted by Crippen LogP contribution is 2.27. The molecule has 0 saturated carbocycles. The topological polar surface area (TPSA) is 54.7 Å². The summed E-state index contributed by atoms with van der Waals surface area (Å²) in [6.07, 6.45) is 5.63. The van der Waals surface area contributed by atoms with E-state index in [0.717, 1.165) is 22.3 Å². The molecule has 0 aliphatic rings. The van der Waals surface area contributed by atoms with Gasteiger partial charge in [0.05, 0.1) is 11.7 Å². The Bertz CT molecular complexity index is 624. The number of fused-ring (bicyclic) bond motifs is 1. The van der Waals surface area contributed by atoms with Crippen molar-refractivity contribution < 1.29 is 0 Å². The molecule has 2 heterocycles. The predicted octanol–water partition coefficient (Wildman–Crippen LogP) is 3.84. The number of rotatable bonds is 1. The average Bonchev–Trinajstić information content (AvgIpc) is 2.90. The van der Waals surface area contributed by atoms with Gasteiger partial charge in [-0.2, -0.15) is 0 Å². The third-order valence-electron chi connectivity index (χ3n) is 2.70. The highest BCUT2D eigenvalue weighted by atomic mass is 14.7. The van der Waals surface area contributed by atoms with Crippen LogP contribution in [0.25, 0.3) is 22.0 Å². The molecule has 3 rings (SSSR count). The molecule has 3 heteroatoms. The number of nitrogen functional groups attached to an aromatic ring is 1. The average molecular weight is 239 g/mol. The zero-order chi connectivity index (χ0) is 13.0. The Kier molecular flexibility index (Phi) is 3.63. The summed E-state index contributed by atoms with van der Waals surface area (Å²) in [7, 11) is 0. The van der Waals surface area contributed by atoms with Crippen molar-refractivity contribution in [3.8, 4) is 11.1 Å². The second-order valence-corrected chi connectivity index (χ2v) is 3.75. The van der Waals surface area contributed by atoms with Gasteiger partial charge in [-0.05, 0) is 23.8 Å². The molecule has 0 amide bonds. The summed E-state index contributed by atoms with van der Waals surface area (Å²) in [6.45, 7) is 4.00. The van der Waals surface area contributed by atoms with Gasteiger partial charge in [0, 0.05) is 29.0 Å². The Hall–Kier alpha value is -2.29. The van der Waals surface area contributed by atoms with Crippen LogP contribution >= 0.6 is 0 Å². The maximum absolute atomic E-state index is 5.68. The molecule has 18 heavy (non-hydrogen) atoms. The molecule has 3 N–H and O–H groups in total. The van der Waals surface area contributed by atoms with Gasteiger partial charge < -0.3 is 10.7 Å². The number of nitrogens with two attached hydrogens (primary N) is 1. The molecule has 0 spiro atoms. The third-order valence-corrected chi connectivity index (χ3v) is 2.70. The molecular formula is C15H17N3. The van der Waals surface area contributed by atoms with Crippen LogP contribution in [0, 0.1) is 0 Å². The number of hydrogen-bond acceptors (Lipinski definition) is 2. The molecule has 92 valence electrons. The molecule has 0 bridgehead atoms. The number of anilines is 1. The van der Waals surface area contributed by atoms with Crippen LogP contribution in [0.3, 0.4) is 0 Å². The number of benzene rings is 1. The van der Waals surface area contributed by atoms with E-state index in [2.05, 4.69) is 16.0 Å². The predicted molar refractivity (Wildman–Crippen MR) is 77.3 cm³/mol. The molecule has 0 fully saturated rings. The van der Waals surface area contributed by atoms with E-state index in [0.29, 0.717) is 0 Å². The summed E-state index contributed by atoms with van der Waals surface area (Å²) in [5, 5.41) is 1.18. The summed E-state index contributed by atoms with van der Waals surface area (Å²) in [5.74, 6) is 0. The minimum atomic E-state index is 0.776. The van der Waals surface area contributed by atoms with Crippen molar-refractivity contribution in [3.63, 3.8) is 0 Å². The van der Waals surface area contributed by atoms with E-state index in [1.165, 1.54) is 5.39 Å². The van der Waals surface area contributed by atoms with E-state index in [-0.39, 0.29) is 0 Å². The summed E-state index contributed by atoms with van der Waals surface area (Å²) in [5.41, 5.74) is 9.76. The van der Waals surface area contributed by atoms with Gasteiger partial charge in [-0.1, -0.05) is 26.0 Å². The Morgan fingerprint density at radius 1 is 1.00 bits per heavy atom. The van der Waals surface area contributed by atoms with Crippen LogP contribution in [0.2, 0.25) is 0 Å². The van der Waals surface area contributed by atoms with E-state index in [1.54, 1.807) is 0 Å². The van der Waals surface area contributed by atoms with E-state index in [9.17, 15) is 0 Å². The van der Waals surface area contributed by atoms with Crippen LogP contribution < -0.4 is 5.73 Å². The highest BCUT2D eigenvalue weighted by Gasteiger charge is 2.04. The summed E-state index contributed by atoms with van der Waals surface area (Å²) in [6, 6.07) is 9.89. The highest BCUT2D eigenvalue weighted by molar-refractivity contribution is 5.94. The van der Waals surface area contributed by atoms with Gasteiger partial charge in [0.1, 0.15) is 0 Å². The number of nitrogens with zero attached hydrogens (tertiary/aromatic N) is 1. The molecule has 0 unspecified atom stereocenters. The monoisotopic (exact) mass is 239 g/mol. The Balaban J connectivity index is 0.000000574. The van der Waals surface area contributed by atoms with Crippen molar-refractivity contribution in [2.45, 2.75) is 13.8 Å². The lowest BCUT2D eigenvalue weighted by Crippen LogP contribution is -1.85. The number of aromatic amines is 1. The number of aromatic nitrogens is 2. The quantitative estimate of drug-likeness (QED) is 0.634. The van der Waals surface area contributed by atoms with Crippen LogP contribution in [0.5, 0.6) is 0 Å². The Morgan fingerprint density at radius 3 is 2.44 bits per heavy atom. The van der Waals surface area contributed by atoms with E-state index >= 15 is 0 Å². The maximum Gasteiger partial charge on any atom is 0.0646 e. The number of pyridine rings is 1. The van der Waals surface area contributed by atoms with Gasteiger partial charge in [0.2, 0.25) is 0 Å². The molecule has 0 radical (unpaired) electrons. The summed E-state index contributed by atoms with van der Waals surface area (Å²) in [4.78, 5) is 7.38. The van der Waals surface area contributed by atoms with Gasteiger partial charge in [0.15, 0.2) is 0 Å². The molecule has 3 aromatic rings. The van der Waals surface area contributed by atoms with Crippen molar-refractivity contribution in [1.82, 2.24) is 9.97 Å². The minimum absolute atomic E-state index is 0.776. The zero-order valence-electron chi connectivity index (χ0n) is 10.6. The molecule has 0 aliphatic carbocycles. The second kappa shape index (κ2) is 5.36. The number of hydrogen-bond donors (Lipinski definition) is 2. The lowest BCUT2D eigenvalue weighted by molar-refractivity contribution is 1.34. The molecule has 0 atom stereocenters. The fourth-order valence-electron chi connectivity index (χ4n) is 1.87. The first kappa shape index (κ1) is 12.2. The van der Waals surface area contributed by atoms with Crippen LogP contribution in [-0.2, 0) is 0 Å². The summed E-state index contributed by atoms with van der Waals surface area (Å²) < 4.78 is 0. The molecular weight excluding hydrogens is 222 g/mol. The molecule has 0 saturated heterocycles. The van der Waals surface area contributed by atoms with Crippen molar-refractivity contribution >= 4 is 16.6 Å². The fraction of sp³-hybridized carbons (Fsp3) is 0.133. The van der Waals surface area contributed by atoms with Gasteiger partial charge in [0.25, 0.3) is 0 Å². The van der Waals surface area contributed by atoms with E-state index in [4.69, 9.17) is 5.73 Å². The smallest absolute Gasteiger partial charge is 0.0646 e. The maximum atomic E-state index is 5.68. The number of H-pyrrole nitrogens is 1. The first-order valence-electron chi connectivity index (χ1n) is 6.11. The largest absolute Gasteiger partial charge is 0.399 e. The lowest BCUT2D eigenvalue weighted by atomic mass is 10.0. The number of nitrogens with one attached hydrogen (secondary N) is 1. The zero-order valence-corrected chi connectivity index (χ0v) is 10.6. The normalized spacial score (nSPS) is 9.89. The minimum Gasteiger partial charge on any atom is -0.399 e. The van der Waals surface area contributed by atoms with Crippen molar-refractivity contribution in [3.05, 3.63) is 48.9 Å². The Morgan fingerprint density at radius 2 is 1.72 bits per heavy atom. The molecule has 1 aromatic carbocycles. The van der Waals surface area contributed by atoms with Crippen LogP contribution in [0.4, 0.5) is 5.69 Å². The van der Waals surface area contributed by atoms with Gasteiger partial charge >= 0.3 is 0 Å². The molecule has 2 aromatic heterocycles. The summed E-state index contributed by atoms with van der Waals surface area (Å²) >= 11 is 0. The standard InChI is InChI=1S/C13H11N3.C2H6/c14-10-3-1-9(2-4-10)12-7-15-8-13-11(12)5-6-16-13;1-2/h1-8,16H,14H2;1-2H3. The van der Waals surface area contributed by atoms with Gasteiger partial charge in [-0.25, -0.2) is 0 Å². The van der Waals surface area contributed by atoms with Crippen LogP contribution in [0.1, 0.15) is 13.8 Å². The van der Waals surface area contributed by atoms with E-state index < -0.39 is 0 Å². The van der Waals surface area contributed by atoms with Crippen LogP contribution in [0.15, 0.2) is 48.9 Å². The first-order chi connectivity index (χ1) is 8.84. The first-order valence-corrected chi connectivity index (χ1v) is 6.11. The van der Waals surface area contributed by atoms with E-state index in [1.807, 2.05) is 56.7 Å².